The Morgan fingerprint density at radius 2 is 2.05 bits per heavy atom. The van der Waals surface area contributed by atoms with Crippen molar-refractivity contribution >= 4 is 12.2 Å². The Balaban J connectivity index is 2.75. The number of nitrogens with one attached hydrogen (secondary N) is 1. The van der Waals surface area contributed by atoms with E-state index in [2.05, 4.69) is 9.97 Å². The lowest BCUT2D eigenvalue weighted by Gasteiger charge is -2.14. The lowest BCUT2D eigenvalue weighted by molar-refractivity contribution is 0.415. The van der Waals surface area contributed by atoms with Crippen molar-refractivity contribution in [1.29, 1.82) is 0 Å². The predicted molar refractivity (Wildman–Crippen MR) is 80.2 cm³/mol. The molecule has 106 valence electrons. The minimum Gasteiger partial charge on any atom is -0.496 e. The van der Waals surface area contributed by atoms with Gasteiger partial charge in [-0.05, 0) is 25.1 Å². The monoisotopic (exact) mass is 292 g/mol. The fourth-order valence-corrected chi connectivity index (χ4v) is 2.17. The highest BCUT2D eigenvalue weighted by molar-refractivity contribution is 7.71. The molecule has 5 heteroatoms. The zero-order valence-corrected chi connectivity index (χ0v) is 12.8. The molecule has 0 aliphatic rings. The molecule has 20 heavy (non-hydrogen) atoms. The van der Waals surface area contributed by atoms with E-state index in [-0.39, 0.29) is 11.7 Å². The van der Waals surface area contributed by atoms with Crippen LogP contribution in [0.5, 0.6) is 5.75 Å². The zero-order valence-electron chi connectivity index (χ0n) is 12.0. The first-order valence-electron chi connectivity index (χ1n) is 6.38. The van der Waals surface area contributed by atoms with Gasteiger partial charge in [-0.1, -0.05) is 26.1 Å². The van der Waals surface area contributed by atoms with Gasteiger partial charge >= 0.3 is 0 Å². The van der Waals surface area contributed by atoms with Gasteiger partial charge < -0.3 is 9.72 Å². The Bertz CT molecular complexity index is 695. The molecule has 0 spiro atoms. The van der Waals surface area contributed by atoms with Crippen molar-refractivity contribution in [2.75, 3.05) is 7.11 Å². The second kappa shape index (κ2) is 5.71. The molecule has 0 unspecified atom stereocenters. The van der Waals surface area contributed by atoms with E-state index in [0.717, 1.165) is 17.1 Å². The highest BCUT2D eigenvalue weighted by Crippen LogP contribution is 2.32. The first-order chi connectivity index (χ1) is 9.43. The van der Waals surface area contributed by atoms with Crippen molar-refractivity contribution < 1.29 is 9.13 Å². The molecule has 0 amide bonds. The Morgan fingerprint density at radius 3 is 2.65 bits per heavy atom. The van der Waals surface area contributed by atoms with E-state index in [4.69, 9.17) is 17.0 Å². The highest BCUT2D eigenvalue weighted by Gasteiger charge is 2.14. The van der Waals surface area contributed by atoms with Crippen LogP contribution in [-0.2, 0) is 0 Å². The third-order valence-corrected chi connectivity index (χ3v) is 3.55. The lowest BCUT2D eigenvalue weighted by atomic mass is 10.1. The van der Waals surface area contributed by atoms with Gasteiger partial charge in [-0.25, -0.2) is 9.37 Å². The molecule has 0 radical (unpaired) electrons. The molecule has 0 saturated carbocycles. The topological polar surface area (TPSA) is 37.9 Å². The average Bonchev–Trinajstić information content (AvgIpc) is 2.41. The first kappa shape index (κ1) is 14.7. The largest absolute Gasteiger partial charge is 0.496 e. The van der Waals surface area contributed by atoms with E-state index in [0.29, 0.717) is 16.0 Å². The van der Waals surface area contributed by atoms with Crippen molar-refractivity contribution in [3.05, 3.63) is 40.0 Å². The number of aromatic nitrogens is 2. The van der Waals surface area contributed by atoms with E-state index in [1.54, 1.807) is 13.2 Å². The van der Waals surface area contributed by atoms with Crippen LogP contribution in [0.25, 0.3) is 11.3 Å². The summed E-state index contributed by atoms with van der Waals surface area (Å²) in [6.07, 6.45) is 0. The van der Waals surface area contributed by atoms with Crippen LogP contribution in [0, 0.1) is 17.4 Å². The molecule has 3 nitrogen and oxygen atoms in total. The third-order valence-electron chi connectivity index (χ3n) is 3.15. The quantitative estimate of drug-likeness (QED) is 0.853. The maximum atomic E-state index is 13.5. The molecule has 2 rings (SSSR count). The van der Waals surface area contributed by atoms with E-state index in [1.165, 1.54) is 12.1 Å². The van der Waals surface area contributed by atoms with Gasteiger partial charge in [0, 0.05) is 17.0 Å². The number of nitrogens with zero attached hydrogens (tertiary/aromatic N) is 1. The summed E-state index contributed by atoms with van der Waals surface area (Å²) in [5, 5.41) is 0. The molecule has 0 atom stereocenters. The molecular formula is C15H17FN2OS. The van der Waals surface area contributed by atoms with Gasteiger partial charge in [0.1, 0.15) is 22.0 Å². The van der Waals surface area contributed by atoms with Crippen LogP contribution in [0.3, 0.4) is 0 Å². The maximum absolute atomic E-state index is 13.5. The molecule has 0 aliphatic heterocycles. The summed E-state index contributed by atoms with van der Waals surface area (Å²) < 4.78 is 19.4. The Labute approximate surface area is 122 Å². The van der Waals surface area contributed by atoms with E-state index in [9.17, 15) is 4.39 Å². The Kier molecular flexibility index (Phi) is 4.18. The number of H-pyrrole nitrogens is 1. The highest BCUT2D eigenvalue weighted by atomic mass is 32.1. The van der Waals surface area contributed by atoms with E-state index < -0.39 is 0 Å². The Hall–Kier alpha value is -1.75. The van der Waals surface area contributed by atoms with Crippen molar-refractivity contribution in [3.63, 3.8) is 0 Å². The van der Waals surface area contributed by atoms with Gasteiger partial charge in [0.05, 0.1) is 12.8 Å². The number of hydrogen-bond acceptors (Lipinski definition) is 3. The molecule has 1 aromatic carbocycles. The number of benzene rings is 1. The average molecular weight is 292 g/mol. The second-order valence-corrected chi connectivity index (χ2v) is 5.31. The normalized spacial score (nSPS) is 10.9. The fourth-order valence-electron chi connectivity index (χ4n) is 1.97. The second-order valence-electron chi connectivity index (χ2n) is 4.93. The van der Waals surface area contributed by atoms with Crippen molar-refractivity contribution in [2.45, 2.75) is 26.7 Å². The van der Waals surface area contributed by atoms with Crippen LogP contribution in [0.1, 0.15) is 31.2 Å². The maximum Gasteiger partial charge on any atom is 0.133 e. The number of aromatic amines is 1. The number of ether oxygens (including phenoxy) is 1. The van der Waals surface area contributed by atoms with E-state index in [1.807, 2.05) is 20.8 Å². The van der Waals surface area contributed by atoms with Crippen molar-refractivity contribution in [3.8, 4) is 17.0 Å². The summed E-state index contributed by atoms with van der Waals surface area (Å²) >= 11 is 5.29. The number of methoxy groups -OCH3 is 1. The summed E-state index contributed by atoms with van der Waals surface area (Å²) in [7, 11) is 1.56. The molecule has 0 bridgehead atoms. The number of rotatable bonds is 3. The summed E-state index contributed by atoms with van der Waals surface area (Å²) in [4.78, 5) is 7.61. The van der Waals surface area contributed by atoms with Crippen LogP contribution < -0.4 is 4.74 Å². The van der Waals surface area contributed by atoms with Crippen LogP contribution in [0.2, 0.25) is 0 Å². The summed E-state index contributed by atoms with van der Waals surface area (Å²) in [6.45, 7) is 5.92. The van der Waals surface area contributed by atoms with Gasteiger partial charge in [0.2, 0.25) is 0 Å². The summed E-state index contributed by atoms with van der Waals surface area (Å²) in [5.41, 5.74) is 2.22. The smallest absolute Gasteiger partial charge is 0.133 e. The van der Waals surface area contributed by atoms with Gasteiger partial charge in [-0.3, -0.25) is 0 Å². The Morgan fingerprint density at radius 1 is 1.35 bits per heavy atom. The van der Waals surface area contributed by atoms with Gasteiger partial charge in [0.25, 0.3) is 0 Å². The molecule has 2 aromatic rings. The molecule has 0 saturated heterocycles. The van der Waals surface area contributed by atoms with Crippen LogP contribution in [0.4, 0.5) is 4.39 Å². The van der Waals surface area contributed by atoms with Gasteiger partial charge in [-0.15, -0.1) is 0 Å². The molecule has 1 heterocycles. The minimum atomic E-state index is -0.317. The number of hydrogen-bond donors (Lipinski definition) is 1. The third kappa shape index (κ3) is 2.72. The molecule has 1 N–H and O–H groups in total. The molecular weight excluding hydrogens is 275 g/mol. The zero-order chi connectivity index (χ0) is 14.9. The number of halogens is 1. The van der Waals surface area contributed by atoms with Crippen LogP contribution in [0.15, 0.2) is 18.2 Å². The summed E-state index contributed by atoms with van der Waals surface area (Å²) in [6, 6.07) is 4.42. The minimum absolute atomic E-state index is 0.204. The molecule has 1 aromatic heterocycles. The SMILES string of the molecule is COc1ccc(F)cc1-c1[nH]c(C(C)C)nc(=S)c1C. The van der Waals surface area contributed by atoms with Gasteiger partial charge in [-0.2, -0.15) is 0 Å². The fraction of sp³-hybridized carbons (Fsp3) is 0.333. The first-order valence-corrected chi connectivity index (χ1v) is 6.79. The predicted octanol–water partition coefficient (Wildman–Crippen LogP) is 4.39. The van der Waals surface area contributed by atoms with Crippen LogP contribution in [-0.4, -0.2) is 17.1 Å². The van der Waals surface area contributed by atoms with Crippen molar-refractivity contribution in [2.24, 2.45) is 0 Å². The standard InChI is InChI=1S/C15H17FN2OS/c1-8(2)14-17-13(9(3)15(20)18-14)11-7-10(16)5-6-12(11)19-4/h5-8H,1-4H3,(H,17,18,20). The van der Waals surface area contributed by atoms with Crippen molar-refractivity contribution in [1.82, 2.24) is 9.97 Å². The summed E-state index contributed by atoms with van der Waals surface area (Å²) in [5.74, 6) is 1.26. The molecule has 0 aliphatic carbocycles. The van der Waals surface area contributed by atoms with Gasteiger partial charge in [0.15, 0.2) is 0 Å². The van der Waals surface area contributed by atoms with E-state index >= 15 is 0 Å². The van der Waals surface area contributed by atoms with Crippen LogP contribution >= 0.6 is 12.2 Å². The lowest BCUT2D eigenvalue weighted by Crippen LogP contribution is -2.03. The molecule has 0 fully saturated rings.